The zero-order chi connectivity index (χ0) is 11.2. The van der Waals surface area contributed by atoms with Crippen LogP contribution in [0.3, 0.4) is 0 Å². The van der Waals surface area contributed by atoms with E-state index in [-0.39, 0.29) is 17.4 Å². The molecule has 0 aromatic rings. The summed E-state index contributed by atoms with van der Waals surface area (Å²) in [6.07, 6.45) is 0.368. The average molecular weight is 202 g/mol. The molecule has 0 bridgehead atoms. The molecule has 1 amide bonds. The number of nitrogens with one attached hydrogen (secondary N) is 1. The smallest absolute Gasteiger partial charge is 0.221 e. The van der Waals surface area contributed by atoms with E-state index in [0.29, 0.717) is 19.6 Å². The summed E-state index contributed by atoms with van der Waals surface area (Å²) < 4.78 is 4.82. The molecule has 0 aromatic heterocycles. The number of hydrogen-bond donors (Lipinski definition) is 2. The van der Waals surface area contributed by atoms with Gasteiger partial charge in [0.25, 0.3) is 0 Å². The van der Waals surface area contributed by atoms with Crippen LogP contribution in [-0.4, -0.2) is 32.2 Å². The molecule has 0 saturated carbocycles. The van der Waals surface area contributed by atoms with Crippen molar-refractivity contribution in [3.63, 3.8) is 0 Å². The van der Waals surface area contributed by atoms with Crippen LogP contribution >= 0.6 is 0 Å². The summed E-state index contributed by atoms with van der Waals surface area (Å²) in [5.74, 6) is -0.00975. The Balaban J connectivity index is 3.72. The van der Waals surface area contributed by atoms with Crippen molar-refractivity contribution in [1.82, 2.24) is 5.32 Å². The lowest BCUT2D eigenvalue weighted by molar-refractivity contribution is -0.122. The third-order valence-electron chi connectivity index (χ3n) is 2.15. The van der Waals surface area contributed by atoms with Gasteiger partial charge in [-0.1, -0.05) is 20.8 Å². The molecule has 84 valence electrons. The van der Waals surface area contributed by atoms with Gasteiger partial charge in [0, 0.05) is 26.1 Å². The van der Waals surface area contributed by atoms with Crippen LogP contribution < -0.4 is 11.1 Å². The normalized spacial score (nSPS) is 13.8. The fourth-order valence-electron chi connectivity index (χ4n) is 0.871. The van der Waals surface area contributed by atoms with Crippen LogP contribution in [0, 0.1) is 5.41 Å². The summed E-state index contributed by atoms with van der Waals surface area (Å²) in [4.78, 5) is 11.3. The average Bonchev–Trinajstić information content (AvgIpc) is 2.03. The van der Waals surface area contributed by atoms with E-state index in [1.54, 1.807) is 7.11 Å². The highest BCUT2D eigenvalue weighted by molar-refractivity contribution is 5.76. The first-order valence-electron chi connectivity index (χ1n) is 4.89. The molecule has 0 heterocycles. The van der Waals surface area contributed by atoms with Gasteiger partial charge in [0.15, 0.2) is 0 Å². The van der Waals surface area contributed by atoms with Crippen LogP contribution in [0.25, 0.3) is 0 Å². The van der Waals surface area contributed by atoms with Crippen molar-refractivity contribution in [2.24, 2.45) is 11.1 Å². The van der Waals surface area contributed by atoms with E-state index < -0.39 is 0 Å². The fourth-order valence-corrected chi connectivity index (χ4v) is 0.871. The molecule has 0 saturated heterocycles. The zero-order valence-electron chi connectivity index (χ0n) is 9.59. The number of amides is 1. The zero-order valence-corrected chi connectivity index (χ0v) is 9.59. The van der Waals surface area contributed by atoms with Crippen molar-refractivity contribution in [3.05, 3.63) is 0 Å². The minimum absolute atomic E-state index is 0.00975. The molecule has 0 aliphatic rings. The van der Waals surface area contributed by atoms with Gasteiger partial charge in [0.1, 0.15) is 0 Å². The Morgan fingerprint density at radius 2 is 2.07 bits per heavy atom. The van der Waals surface area contributed by atoms with E-state index in [9.17, 15) is 4.79 Å². The van der Waals surface area contributed by atoms with Crippen LogP contribution in [0.5, 0.6) is 0 Å². The molecular formula is C10H22N2O2. The number of carbonyl (C=O) groups excluding carboxylic acids is 1. The topological polar surface area (TPSA) is 64.3 Å². The summed E-state index contributed by atoms with van der Waals surface area (Å²) in [6.45, 7) is 7.17. The molecule has 1 unspecified atom stereocenters. The molecule has 4 heteroatoms. The Bertz CT molecular complexity index is 175. The van der Waals surface area contributed by atoms with E-state index in [0.717, 1.165) is 0 Å². The number of rotatable bonds is 5. The molecule has 3 N–H and O–H groups in total. The SMILES string of the molecule is COCCNC(=O)CC(N)C(C)(C)C. The number of nitrogens with two attached hydrogens (primary N) is 1. The maximum absolute atomic E-state index is 11.3. The summed E-state index contributed by atoms with van der Waals surface area (Å²) >= 11 is 0. The lowest BCUT2D eigenvalue weighted by Gasteiger charge is -2.26. The summed E-state index contributed by atoms with van der Waals surface area (Å²) in [7, 11) is 1.60. The Labute approximate surface area is 86.2 Å². The van der Waals surface area contributed by atoms with Gasteiger partial charge in [0.2, 0.25) is 5.91 Å². The fraction of sp³-hybridized carbons (Fsp3) is 0.900. The van der Waals surface area contributed by atoms with E-state index in [2.05, 4.69) is 5.32 Å². The first-order valence-corrected chi connectivity index (χ1v) is 4.89. The highest BCUT2D eigenvalue weighted by atomic mass is 16.5. The first kappa shape index (κ1) is 13.4. The number of ether oxygens (including phenoxy) is 1. The maximum atomic E-state index is 11.3. The van der Waals surface area contributed by atoms with Crippen LogP contribution in [0.4, 0.5) is 0 Å². The Morgan fingerprint density at radius 1 is 1.50 bits per heavy atom. The quantitative estimate of drug-likeness (QED) is 0.639. The van der Waals surface area contributed by atoms with Gasteiger partial charge in [0.05, 0.1) is 6.61 Å². The number of methoxy groups -OCH3 is 1. The minimum atomic E-state index is -0.106. The van der Waals surface area contributed by atoms with E-state index >= 15 is 0 Å². The van der Waals surface area contributed by atoms with Crippen molar-refractivity contribution < 1.29 is 9.53 Å². The molecule has 0 radical (unpaired) electrons. The van der Waals surface area contributed by atoms with E-state index in [4.69, 9.17) is 10.5 Å². The molecule has 0 aliphatic heterocycles. The number of carbonyl (C=O) groups is 1. The van der Waals surface area contributed by atoms with Crippen molar-refractivity contribution in [2.75, 3.05) is 20.3 Å². The highest BCUT2D eigenvalue weighted by Gasteiger charge is 2.22. The molecule has 0 aliphatic carbocycles. The monoisotopic (exact) mass is 202 g/mol. The minimum Gasteiger partial charge on any atom is -0.383 e. The molecule has 0 spiro atoms. The van der Waals surface area contributed by atoms with Gasteiger partial charge in [-0.2, -0.15) is 0 Å². The van der Waals surface area contributed by atoms with Gasteiger partial charge in [-0.3, -0.25) is 4.79 Å². The Morgan fingerprint density at radius 3 is 2.50 bits per heavy atom. The predicted molar refractivity (Wildman–Crippen MR) is 56.9 cm³/mol. The Hall–Kier alpha value is -0.610. The number of hydrogen-bond acceptors (Lipinski definition) is 3. The second-order valence-electron chi connectivity index (χ2n) is 4.52. The standard InChI is InChI=1S/C10H22N2O2/c1-10(2,3)8(11)7-9(13)12-5-6-14-4/h8H,5-7,11H2,1-4H3,(H,12,13). The third-order valence-corrected chi connectivity index (χ3v) is 2.15. The second-order valence-corrected chi connectivity index (χ2v) is 4.52. The molecule has 14 heavy (non-hydrogen) atoms. The van der Waals surface area contributed by atoms with Crippen LogP contribution in [0.15, 0.2) is 0 Å². The van der Waals surface area contributed by atoms with E-state index in [1.807, 2.05) is 20.8 Å². The third kappa shape index (κ3) is 5.94. The van der Waals surface area contributed by atoms with Gasteiger partial charge >= 0.3 is 0 Å². The maximum Gasteiger partial charge on any atom is 0.221 e. The van der Waals surface area contributed by atoms with Crippen LogP contribution in [0.1, 0.15) is 27.2 Å². The summed E-state index contributed by atoms with van der Waals surface area (Å²) in [6, 6.07) is -0.106. The highest BCUT2D eigenvalue weighted by Crippen LogP contribution is 2.19. The van der Waals surface area contributed by atoms with E-state index in [1.165, 1.54) is 0 Å². The molecule has 0 fully saturated rings. The van der Waals surface area contributed by atoms with Crippen molar-refractivity contribution >= 4 is 5.91 Å². The van der Waals surface area contributed by atoms with Crippen molar-refractivity contribution in [1.29, 1.82) is 0 Å². The predicted octanol–water partition coefficient (Wildman–Crippen LogP) is 0.513. The van der Waals surface area contributed by atoms with Crippen LogP contribution in [-0.2, 0) is 9.53 Å². The van der Waals surface area contributed by atoms with Gasteiger partial charge in [-0.15, -0.1) is 0 Å². The van der Waals surface area contributed by atoms with Crippen molar-refractivity contribution in [3.8, 4) is 0 Å². The first-order chi connectivity index (χ1) is 6.38. The molecule has 1 atom stereocenters. The summed E-state index contributed by atoms with van der Waals surface area (Å²) in [5, 5.41) is 2.74. The molecule has 0 rings (SSSR count). The van der Waals surface area contributed by atoms with Gasteiger partial charge < -0.3 is 15.8 Å². The Kier molecular flexibility index (Phi) is 5.72. The molecule has 4 nitrogen and oxygen atoms in total. The molecular weight excluding hydrogens is 180 g/mol. The van der Waals surface area contributed by atoms with Crippen LogP contribution in [0.2, 0.25) is 0 Å². The summed E-state index contributed by atoms with van der Waals surface area (Å²) in [5.41, 5.74) is 5.83. The largest absolute Gasteiger partial charge is 0.383 e. The molecule has 0 aromatic carbocycles. The van der Waals surface area contributed by atoms with Crippen molar-refractivity contribution in [2.45, 2.75) is 33.2 Å². The second kappa shape index (κ2) is 5.98. The lowest BCUT2D eigenvalue weighted by Crippen LogP contribution is -2.40. The van der Waals surface area contributed by atoms with Gasteiger partial charge in [-0.25, -0.2) is 0 Å². The van der Waals surface area contributed by atoms with Gasteiger partial charge in [-0.05, 0) is 5.41 Å². The lowest BCUT2D eigenvalue weighted by atomic mass is 9.85.